The first kappa shape index (κ1) is 13.2. The zero-order valence-electron chi connectivity index (χ0n) is 10.9. The molecule has 0 unspecified atom stereocenters. The number of hydrogen-bond donors (Lipinski definition) is 2. The summed E-state index contributed by atoms with van der Waals surface area (Å²) in [6, 6.07) is 3.71. The van der Waals surface area contributed by atoms with Gasteiger partial charge in [0.15, 0.2) is 5.82 Å². The first-order valence-corrected chi connectivity index (χ1v) is 6.30. The van der Waals surface area contributed by atoms with E-state index in [1.807, 2.05) is 12.1 Å². The lowest BCUT2D eigenvalue weighted by Gasteiger charge is -2.10. The van der Waals surface area contributed by atoms with Gasteiger partial charge >= 0.3 is 0 Å². The molecule has 6 heteroatoms. The van der Waals surface area contributed by atoms with Gasteiger partial charge in [0, 0.05) is 0 Å². The lowest BCUT2D eigenvalue weighted by atomic mass is 10.3. The number of anilines is 2. The van der Waals surface area contributed by atoms with Crippen molar-refractivity contribution >= 4 is 11.5 Å². The maximum atomic E-state index is 5.96. The Morgan fingerprint density at radius 2 is 2.32 bits per heavy atom. The third kappa shape index (κ3) is 3.61. The number of ether oxygens (including phenoxy) is 1. The van der Waals surface area contributed by atoms with Crippen molar-refractivity contribution < 1.29 is 9.15 Å². The number of rotatable bonds is 7. The number of nitrogens with one attached hydrogen (secondary N) is 1. The van der Waals surface area contributed by atoms with Crippen LogP contribution < -0.4 is 15.8 Å². The number of furan rings is 1. The van der Waals surface area contributed by atoms with Gasteiger partial charge in [-0.2, -0.15) is 4.98 Å². The van der Waals surface area contributed by atoms with Crippen molar-refractivity contribution in [2.45, 2.75) is 26.3 Å². The molecule has 19 heavy (non-hydrogen) atoms. The van der Waals surface area contributed by atoms with Crippen LogP contribution in [0.5, 0.6) is 5.88 Å². The van der Waals surface area contributed by atoms with Gasteiger partial charge in [-0.25, -0.2) is 4.98 Å². The van der Waals surface area contributed by atoms with Gasteiger partial charge in [-0.1, -0.05) is 13.3 Å². The molecule has 0 saturated carbocycles. The second-order valence-corrected chi connectivity index (χ2v) is 4.08. The highest BCUT2D eigenvalue weighted by Gasteiger charge is 2.09. The van der Waals surface area contributed by atoms with Crippen LogP contribution in [0, 0.1) is 0 Å². The highest BCUT2D eigenvalue weighted by atomic mass is 16.5. The molecule has 2 aromatic heterocycles. The van der Waals surface area contributed by atoms with E-state index < -0.39 is 0 Å². The van der Waals surface area contributed by atoms with E-state index >= 15 is 0 Å². The Morgan fingerprint density at radius 3 is 3.05 bits per heavy atom. The van der Waals surface area contributed by atoms with Crippen LogP contribution in [0.15, 0.2) is 29.1 Å². The topological polar surface area (TPSA) is 86.2 Å². The fraction of sp³-hybridized carbons (Fsp3) is 0.385. The second kappa shape index (κ2) is 6.63. The monoisotopic (exact) mass is 262 g/mol. The quantitative estimate of drug-likeness (QED) is 0.745. The van der Waals surface area contributed by atoms with Crippen LogP contribution >= 0.6 is 0 Å². The van der Waals surface area contributed by atoms with Crippen molar-refractivity contribution in [2.24, 2.45) is 0 Å². The first-order chi connectivity index (χ1) is 9.31. The molecule has 0 fully saturated rings. The summed E-state index contributed by atoms with van der Waals surface area (Å²) < 4.78 is 10.7. The van der Waals surface area contributed by atoms with Crippen LogP contribution in [0.25, 0.3) is 0 Å². The average molecular weight is 262 g/mol. The summed E-state index contributed by atoms with van der Waals surface area (Å²) in [6.45, 7) is 3.22. The van der Waals surface area contributed by atoms with E-state index in [9.17, 15) is 0 Å². The molecule has 0 bridgehead atoms. The molecule has 2 aromatic rings. The summed E-state index contributed by atoms with van der Waals surface area (Å²) in [4.78, 5) is 8.13. The predicted molar refractivity (Wildman–Crippen MR) is 72.9 cm³/mol. The summed E-state index contributed by atoms with van der Waals surface area (Å²) in [6.07, 6.45) is 5.09. The maximum absolute atomic E-state index is 5.96. The molecule has 2 rings (SSSR count). The van der Waals surface area contributed by atoms with Gasteiger partial charge in [0.2, 0.25) is 5.88 Å². The number of unbranched alkanes of at least 4 members (excludes halogenated alkanes) is 1. The van der Waals surface area contributed by atoms with E-state index in [0.29, 0.717) is 30.5 Å². The third-order valence-corrected chi connectivity index (χ3v) is 2.59. The zero-order chi connectivity index (χ0) is 13.5. The summed E-state index contributed by atoms with van der Waals surface area (Å²) >= 11 is 0. The lowest BCUT2D eigenvalue weighted by Crippen LogP contribution is -2.08. The molecule has 0 aliphatic heterocycles. The molecule has 3 N–H and O–H groups in total. The molecule has 6 nitrogen and oxygen atoms in total. The van der Waals surface area contributed by atoms with Gasteiger partial charge in [-0.15, -0.1) is 0 Å². The smallest absolute Gasteiger partial charge is 0.242 e. The molecule has 2 heterocycles. The van der Waals surface area contributed by atoms with Crippen LogP contribution in [0.3, 0.4) is 0 Å². The summed E-state index contributed by atoms with van der Waals surface area (Å²) in [5.41, 5.74) is 6.38. The van der Waals surface area contributed by atoms with Crippen molar-refractivity contribution in [3.63, 3.8) is 0 Å². The fourth-order valence-electron chi connectivity index (χ4n) is 1.53. The largest absolute Gasteiger partial charge is 0.476 e. The molecule has 0 spiro atoms. The van der Waals surface area contributed by atoms with Gasteiger partial charge in [-0.3, -0.25) is 0 Å². The normalized spacial score (nSPS) is 10.4. The van der Waals surface area contributed by atoms with Gasteiger partial charge in [0.25, 0.3) is 0 Å². The van der Waals surface area contributed by atoms with Crippen molar-refractivity contribution in [2.75, 3.05) is 17.7 Å². The van der Waals surface area contributed by atoms with Gasteiger partial charge in [-0.05, 0) is 18.6 Å². The molecule has 0 saturated heterocycles. The molecule has 0 atom stereocenters. The fourth-order valence-corrected chi connectivity index (χ4v) is 1.53. The van der Waals surface area contributed by atoms with Crippen molar-refractivity contribution in [1.29, 1.82) is 0 Å². The van der Waals surface area contributed by atoms with Crippen LogP contribution in [0.1, 0.15) is 25.5 Å². The summed E-state index contributed by atoms with van der Waals surface area (Å²) in [7, 11) is 0. The molecule has 102 valence electrons. The Kier molecular flexibility index (Phi) is 4.60. The summed E-state index contributed by atoms with van der Waals surface area (Å²) in [5.74, 6) is 1.79. The van der Waals surface area contributed by atoms with E-state index in [1.54, 1.807) is 6.26 Å². The zero-order valence-corrected chi connectivity index (χ0v) is 10.9. The van der Waals surface area contributed by atoms with Crippen LogP contribution in [-0.4, -0.2) is 16.6 Å². The Labute approximate surface area is 112 Å². The number of nitrogens with zero attached hydrogens (tertiary/aromatic N) is 2. The molecule has 0 amide bonds. The minimum atomic E-state index is 0.421. The van der Waals surface area contributed by atoms with Crippen molar-refractivity contribution in [1.82, 2.24) is 9.97 Å². The van der Waals surface area contributed by atoms with Gasteiger partial charge in [0.05, 0.1) is 19.4 Å². The van der Waals surface area contributed by atoms with Crippen LogP contribution in [0.2, 0.25) is 0 Å². The van der Waals surface area contributed by atoms with E-state index in [-0.39, 0.29) is 0 Å². The van der Waals surface area contributed by atoms with E-state index in [4.69, 9.17) is 14.9 Å². The summed E-state index contributed by atoms with van der Waals surface area (Å²) in [5, 5.41) is 3.10. The van der Waals surface area contributed by atoms with Crippen molar-refractivity contribution in [3.8, 4) is 5.88 Å². The molecule has 0 aliphatic rings. The van der Waals surface area contributed by atoms with Crippen LogP contribution in [-0.2, 0) is 6.54 Å². The first-order valence-electron chi connectivity index (χ1n) is 6.30. The third-order valence-electron chi connectivity index (χ3n) is 2.59. The Balaban J connectivity index is 1.98. The molecular weight excluding hydrogens is 244 g/mol. The molecule has 0 aromatic carbocycles. The Hall–Kier alpha value is -2.24. The Bertz CT molecular complexity index is 499. The molecule has 0 aliphatic carbocycles. The maximum Gasteiger partial charge on any atom is 0.242 e. The SMILES string of the molecule is CCCCOc1ncnc(NCc2ccco2)c1N. The Morgan fingerprint density at radius 1 is 1.42 bits per heavy atom. The van der Waals surface area contributed by atoms with E-state index in [1.165, 1.54) is 6.33 Å². The minimum Gasteiger partial charge on any atom is -0.476 e. The lowest BCUT2D eigenvalue weighted by molar-refractivity contribution is 0.299. The minimum absolute atomic E-state index is 0.421. The molecule has 0 radical (unpaired) electrons. The highest BCUT2D eigenvalue weighted by molar-refractivity contribution is 5.66. The number of hydrogen-bond acceptors (Lipinski definition) is 6. The van der Waals surface area contributed by atoms with Gasteiger partial charge < -0.3 is 20.2 Å². The average Bonchev–Trinajstić information content (AvgIpc) is 2.93. The van der Waals surface area contributed by atoms with E-state index in [0.717, 1.165) is 18.6 Å². The van der Waals surface area contributed by atoms with E-state index in [2.05, 4.69) is 22.2 Å². The molecular formula is C13H18N4O2. The van der Waals surface area contributed by atoms with Gasteiger partial charge in [0.1, 0.15) is 17.8 Å². The number of nitrogen functional groups attached to an aromatic ring is 1. The predicted octanol–water partition coefficient (Wildman–Crippen LogP) is 2.44. The highest BCUT2D eigenvalue weighted by Crippen LogP contribution is 2.25. The van der Waals surface area contributed by atoms with Crippen LogP contribution in [0.4, 0.5) is 11.5 Å². The number of aromatic nitrogens is 2. The standard InChI is InChI=1S/C13H18N4O2/c1-2-3-6-19-13-11(14)12(16-9-17-13)15-8-10-5-4-7-18-10/h4-5,7,9H,2-3,6,8,14H2,1H3,(H,15,16,17). The number of nitrogens with two attached hydrogens (primary N) is 1. The second-order valence-electron chi connectivity index (χ2n) is 4.08. The van der Waals surface area contributed by atoms with Crippen molar-refractivity contribution in [3.05, 3.63) is 30.5 Å².